The van der Waals surface area contributed by atoms with E-state index in [0.717, 1.165) is 77.9 Å². The van der Waals surface area contributed by atoms with Crippen LogP contribution in [0.2, 0.25) is 0 Å². The largest absolute Gasteiger partial charge is 0.405 e. The fraction of sp³-hybridized carbons (Fsp3) is 0.478. The molecule has 2 atom stereocenters. The van der Waals surface area contributed by atoms with Gasteiger partial charge in [-0.2, -0.15) is 13.2 Å². The highest BCUT2D eigenvalue weighted by Crippen LogP contribution is 2.35. The molecule has 1 aliphatic heterocycles. The van der Waals surface area contributed by atoms with Crippen molar-refractivity contribution in [2.24, 2.45) is 13.0 Å². The standard InChI is InChI=1S/C46H57F3N6O4/c1-5-10-32(2)52(3)45(58)39-16-14-37(25-36(39)30-56)55-21-20-54(44(29-55)46(47,48)49)19-8-6-7-9-22-59-38-23-33(24-38)11-12-35(27-51-31-57)34-13-15-40-41-28-50-18-17-42(41)53(4)43(40)26-34/h11-18,25-28,30-33,38,44H,5-10,19-24,29H2,1-4H3,(H,51,57)/b12-11-,35-27+. The van der Waals surface area contributed by atoms with E-state index in [2.05, 4.69) is 45.2 Å². The molecular weight excluding hydrogens is 758 g/mol. The summed E-state index contributed by atoms with van der Waals surface area (Å²) in [5.74, 6) is 0.0970. The van der Waals surface area contributed by atoms with Crippen molar-refractivity contribution in [1.82, 2.24) is 24.7 Å². The highest BCUT2D eigenvalue weighted by Gasteiger charge is 2.46. The lowest BCUT2D eigenvalue weighted by atomic mass is 9.81. The van der Waals surface area contributed by atoms with Crippen LogP contribution in [0.25, 0.3) is 27.4 Å². The van der Waals surface area contributed by atoms with Crippen LogP contribution in [-0.2, 0) is 16.6 Å². The lowest BCUT2D eigenvalue weighted by molar-refractivity contribution is -0.184. The Kier molecular flexibility index (Phi) is 14.6. The number of nitrogens with zero attached hydrogens (tertiary/aromatic N) is 5. The highest BCUT2D eigenvalue weighted by molar-refractivity contribution is 6.08. The summed E-state index contributed by atoms with van der Waals surface area (Å²) >= 11 is 0. The molecule has 3 heterocycles. The molecule has 1 N–H and O–H groups in total. The van der Waals surface area contributed by atoms with Crippen molar-refractivity contribution in [3.63, 3.8) is 0 Å². The summed E-state index contributed by atoms with van der Waals surface area (Å²) < 4.78 is 51.3. The van der Waals surface area contributed by atoms with E-state index >= 15 is 0 Å². The molecule has 0 radical (unpaired) electrons. The van der Waals surface area contributed by atoms with Crippen LogP contribution in [0.15, 0.2) is 73.2 Å². The second-order valence-corrected chi connectivity index (χ2v) is 16.0. The van der Waals surface area contributed by atoms with Crippen LogP contribution in [0.3, 0.4) is 0 Å². The van der Waals surface area contributed by atoms with Gasteiger partial charge < -0.3 is 24.4 Å². The molecule has 2 amide bonds. The summed E-state index contributed by atoms with van der Waals surface area (Å²) in [7, 11) is 3.74. The van der Waals surface area contributed by atoms with Crippen LogP contribution in [0.5, 0.6) is 0 Å². The average molecular weight is 815 g/mol. The minimum absolute atomic E-state index is 0.00316. The quantitative estimate of drug-likeness (QED) is 0.0576. The van der Waals surface area contributed by atoms with Crippen molar-refractivity contribution >= 4 is 51.7 Å². The topological polar surface area (TPSA) is 100 Å². The van der Waals surface area contributed by atoms with Gasteiger partial charge in [-0.15, -0.1) is 0 Å². The van der Waals surface area contributed by atoms with E-state index < -0.39 is 12.2 Å². The van der Waals surface area contributed by atoms with E-state index in [-0.39, 0.29) is 42.3 Å². The molecule has 0 bridgehead atoms. The van der Waals surface area contributed by atoms with Crippen LogP contribution in [0, 0.1) is 5.92 Å². The Morgan fingerprint density at radius 2 is 1.83 bits per heavy atom. The van der Waals surface area contributed by atoms with Gasteiger partial charge in [0.1, 0.15) is 6.04 Å². The zero-order chi connectivity index (χ0) is 42.1. The minimum atomic E-state index is -4.40. The number of fused-ring (bicyclic) bond motifs is 3. The molecule has 59 heavy (non-hydrogen) atoms. The van der Waals surface area contributed by atoms with Gasteiger partial charge in [0.05, 0.1) is 17.2 Å². The minimum Gasteiger partial charge on any atom is -0.378 e. The van der Waals surface area contributed by atoms with Crippen molar-refractivity contribution in [2.75, 3.05) is 44.7 Å². The number of anilines is 1. The van der Waals surface area contributed by atoms with Gasteiger partial charge in [-0.05, 0) is 93.0 Å². The normalized spacial score (nSPS) is 19.6. The van der Waals surface area contributed by atoms with Gasteiger partial charge in [-0.25, -0.2) is 0 Å². The van der Waals surface area contributed by atoms with Crippen molar-refractivity contribution in [3.8, 4) is 0 Å². The van der Waals surface area contributed by atoms with Crippen LogP contribution >= 0.6 is 0 Å². The molecule has 4 aromatic rings. The predicted molar refractivity (Wildman–Crippen MR) is 227 cm³/mol. The molecule has 6 rings (SSSR count). The maximum atomic E-state index is 14.3. The summed E-state index contributed by atoms with van der Waals surface area (Å²) in [5.41, 5.74) is 5.05. The first-order chi connectivity index (χ1) is 28.4. The number of aldehydes is 1. The van der Waals surface area contributed by atoms with Crippen LogP contribution in [0.4, 0.5) is 18.9 Å². The molecule has 1 aliphatic carbocycles. The average Bonchev–Trinajstić information content (AvgIpc) is 3.51. The lowest BCUT2D eigenvalue weighted by Gasteiger charge is -2.43. The van der Waals surface area contributed by atoms with Gasteiger partial charge >= 0.3 is 6.18 Å². The first-order valence-corrected chi connectivity index (χ1v) is 20.9. The van der Waals surface area contributed by atoms with Gasteiger partial charge in [0.15, 0.2) is 6.29 Å². The Bertz CT molecular complexity index is 2140. The molecule has 10 nitrogen and oxygen atoms in total. The van der Waals surface area contributed by atoms with Gasteiger partial charge in [-0.1, -0.05) is 50.5 Å². The molecule has 13 heteroatoms. The summed E-state index contributed by atoms with van der Waals surface area (Å²) in [5, 5.41) is 4.92. The number of halogens is 3. The molecule has 0 spiro atoms. The molecule has 1 saturated carbocycles. The molecule has 2 aromatic heterocycles. The number of rotatable bonds is 19. The second kappa shape index (κ2) is 19.8. The van der Waals surface area contributed by atoms with Crippen LogP contribution < -0.4 is 10.2 Å². The molecular formula is C46H57F3N6O4. The number of pyridine rings is 1. The third-order valence-electron chi connectivity index (χ3n) is 12.1. The zero-order valence-corrected chi connectivity index (χ0v) is 34.6. The smallest absolute Gasteiger partial charge is 0.378 e. The number of ether oxygens (including phenoxy) is 1. The Hall–Kier alpha value is -5.01. The molecule has 2 aliphatic rings. The number of aryl methyl sites for hydroxylation is 1. The zero-order valence-electron chi connectivity index (χ0n) is 34.6. The van der Waals surface area contributed by atoms with Crippen LogP contribution in [-0.4, -0.2) is 102 Å². The first kappa shape index (κ1) is 43.6. The lowest BCUT2D eigenvalue weighted by Crippen LogP contribution is -2.59. The number of amides is 2. The molecule has 2 unspecified atom stereocenters. The predicted octanol–water partition coefficient (Wildman–Crippen LogP) is 8.55. The Morgan fingerprint density at radius 3 is 2.58 bits per heavy atom. The number of allylic oxidation sites excluding steroid dienone is 3. The van der Waals surface area contributed by atoms with Crippen molar-refractivity contribution in [1.29, 1.82) is 0 Å². The van der Waals surface area contributed by atoms with E-state index in [9.17, 15) is 27.6 Å². The number of piperazine rings is 1. The number of alkyl halides is 3. The fourth-order valence-electron chi connectivity index (χ4n) is 8.42. The van der Waals surface area contributed by atoms with E-state index in [0.29, 0.717) is 50.4 Å². The maximum Gasteiger partial charge on any atom is 0.405 e. The van der Waals surface area contributed by atoms with E-state index in [4.69, 9.17) is 4.74 Å². The van der Waals surface area contributed by atoms with Crippen molar-refractivity contribution in [2.45, 2.75) is 89.6 Å². The number of unbranched alkanes of at least 4 members (excludes halogenated alkanes) is 3. The SMILES string of the molecule is CCCC(C)N(C)C(=O)c1ccc(N2CCN(CCCCCCOC3CC(/C=C\C(=C/NC=O)c4ccc5c6cnccc6n(C)c5c4)C3)C(C(F)(F)F)C2)cc1C=O. The third-order valence-corrected chi connectivity index (χ3v) is 12.1. The summed E-state index contributed by atoms with van der Waals surface area (Å²) in [6.07, 6.45) is 13.5. The molecule has 316 valence electrons. The van der Waals surface area contributed by atoms with Crippen molar-refractivity contribution < 1.29 is 32.3 Å². The Labute approximate surface area is 345 Å². The van der Waals surface area contributed by atoms with Gasteiger partial charge in [0.25, 0.3) is 5.91 Å². The monoisotopic (exact) mass is 814 g/mol. The van der Waals surface area contributed by atoms with Crippen LogP contribution in [0.1, 0.15) is 91.5 Å². The van der Waals surface area contributed by atoms with Gasteiger partial charge in [0, 0.05) is 92.5 Å². The second-order valence-electron chi connectivity index (χ2n) is 16.0. The highest BCUT2D eigenvalue weighted by atomic mass is 19.4. The maximum absolute atomic E-state index is 14.3. The van der Waals surface area contributed by atoms with Gasteiger partial charge in [0.2, 0.25) is 6.41 Å². The number of aromatic nitrogens is 2. The Balaban J connectivity index is 0.917. The summed E-state index contributed by atoms with van der Waals surface area (Å²) in [4.78, 5) is 45.4. The number of carbonyl (C=O) groups is 3. The molecule has 2 aromatic carbocycles. The van der Waals surface area contributed by atoms with E-state index in [1.165, 1.54) is 4.90 Å². The number of hydrogen-bond acceptors (Lipinski definition) is 7. The number of hydrogen-bond donors (Lipinski definition) is 1. The number of carbonyl (C=O) groups excluding carboxylic acids is 3. The van der Waals surface area contributed by atoms with E-state index in [1.807, 2.05) is 33.2 Å². The Morgan fingerprint density at radius 1 is 1.03 bits per heavy atom. The molecule has 2 fully saturated rings. The van der Waals surface area contributed by atoms with Crippen molar-refractivity contribution in [3.05, 3.63) is 89.9 Å². The molecule has 1 saturated heterocycles. The summed E-state index contributed by atoms with van der Waals surface area (Å²) in [6, 6.07) is 11.4. The third kappa shape index (κ3) is 10.4. The first-order valence-electron chi connectivity index (χ1n) is 20.9. The number of benzene rings is 2. The fourth-order valence-corrected chi connectivity index (χ4v) is 8.42. The number of nitrogens with one attached hydrogen (secondary N) is 1. The van der Waals surface area contributed by atoms with Gasteiger partial charge in [-0.3, -0.25) is 24.3 Å². The van der Waals surface area contributed by atoms with E-state index in [1.54, 1.807) is 47.4 Å². The summed E-state index contributed by atoms with van der Waals surface area (Å²) in [6.45, 7) is 5.38.